The summed E-state index contributed by atoms with van der Waals surface area (Å²) in [4.78, 5) is 15.9. The normalized spacial score (nSPS) is 13.9. The van der Waals surface area contributed by atoms with Gasteiger partial charge in [0, 0.05) is 17.3 Å². The van der Waals surface area contributed by atoms with Crippen LogP contribution in [-0.4, -0.2) is 24.0 Å². The summed E-state index contributed by atoms with van der Waals surface area (Å²) >= 11 is 1.72. The fourth-order valence-corrected chi connectivity index (χ4v) is 3.27. The number of rotatable bonds is 7. The second kappa shape index (κ2) is 6.97. The molecule has 1 saturated carbocycles. The van der Waals surface area contributed by atoms with Crippen molar-refractivity contribution >= 4 is 17.2 Å². The van der Waals surface area contributed by atoms with Gasteiger partial charge in [0.05, 0.1) is 13.7 Å². The summed E-state index contributed by atoms with van der Waals surface area (Å²) < 4.78 is 5.16. The number of carbonyl (C=O) groups excluding carboxylic acids is 1. The maximum Gasteiger partial charge on any atom is 0.223 e. The molecule has 1 aromatic carbocycles. The van der Waals surface area contributed by atoms with Crippen LogP contribution in [0.25, 0.3) is 0 Å². The van der Waals surface area contributed by atoms with E-state index in [2.05, 4.69) is 16.3 Å². The summed E-state index contributed by atoms with van der Waals surface area (Å²) in [6.07, 6.45) is 3.67. The molecule has 1 aliphatic carbocycles. The third-order valence-corrected chi connectivity index (χ3v) is 4.86. The zero-order valence-corrected chi connectivity index (χ0v) is 13.6. The van der Waals surface area contributed by atoms with Crippen molar-refractivity contribution < 1.29 is 9.53 Å². The number of ether oxygens (including phenoxy) is 1. The molecule has 1 aliphatic rings. The van der Waals surface area contributed by atoms with E-state index < -0.39 is 0 Å². The Labute approximate surface area is 135 Å². The van der Waals surface area contributed by atoms with E-state index in [1.165, 1.54) is 10.4 Å². The maximum atomic E-state index is 12.6. The molecule has 0 atom stereocenters. The van der Waals surface area contributed by atoms with Gasteiger partial charge in [-0.2, -0.15) is 0 Å². The summed E-state index contributed by atoms with van der Waals surface area (Å²) in [5.41, 5.74) is 1.18. The average molecular weight is 315 g/mol. The Balaban J connectivity index is 1.56. The Bertz CT molecular complexity index is 603. The summed E-state index contributed by atoms with van der Waals surface area (Å²) in [6, 6.07) is 12.6. The Morgan fingerprint density at radius 1 is 1.27 bits per heavy atom. The number of amides is 1. The van der Waals surface area contributed by atoms with Crippen molar-refractivity contribution in [2.45, 2.75) is 38.3 Å². The Hall–Kier alpha value is -1.81. The van der Waals surface area contributed by atoms with E-state index in [1.807, 2.05) is 30.3 Å². The number of hydrogen-bond acceptors (Lipinski definition) is 3. The maximum absolute atomic E-state index is 12.6. The summed E-state index contributed by atoms with van der Waals surface area (Å²) in [5, 5.41) is 2.07. The highest BCUT2D eigenvalue weighted by atomic mass is 32.1. The van der Waals surface area contributed by atoms with E-state index in [9.17, 15) is 4.79 Å². The van der Waals surface area contributed by atoms with Crippen molar-refractivity contribution in [2.75, 3.05) is 7.11 Å². The lowest BCUT2D eigenvalue weighted by Gasteiger charge is -2.22. The molecule has 0 spiro atoms. The van der Waals surface area contributed by atoms with Crippen LogP contribution >= 0.6 is 11.3 Å². The molecule has 1 aromatic heterocycles. The Morgan fingerprint density at radius 3 is 2.64 bits per heavy atom. The molecule has 116 valence electrons. The first-order valence-corrected chi connectivity index (χ1v) is 8.59. The highest BCUT2D eigenvalue weighted by molar-refractivity contribution is 7.09. The van der Waals surface area contributed by atoms with Gasteiger partial charge in [0.25, 0.3) is 0 Å². The second-order valence-corrected chi connectivity index (χ2v) is 6.71. The number of hydrogen-bond donors (Lipinski definition) is 0. The topological polar surface area (TPSA) is 29.5 Å². The van der Waals surface area contributed by atoms with Gasteiger partial charge in [0.1, 0.15) is 5.75 Å². The summed E-state index contributed by atoms with van der Waals surface area (Å²) in [6.45, 7) is 0.768. The van der Waals surface area contributed by atoms with Crippen LogP contribution in [0.3, 0.4) is 0 Å². The predicted octanol–water partition coefficient (Wildman–Crippen LogP) is 3.88. The Morgan fingerprint density at radius 2 is 2.05 bits per heavy atom. The monoisotopic (exact) mass is 315 g/mol. The van der Waals surface area contributed by atoms with Crippen LogP contribution in [0.4, 0.5) is 0 Å². The van der Waals surface area contributed by atoms with Crippen LogP contribution in [0.2, 0.25) is 0 Å². The molecular formula is C18H21NO2S. The molecule has 0 aliphatic heterocycles. The van der Waals surface area contributed by atoms with Crippen molar-refractivity contribution in [3.8, 4) is 5.75 Å². The number of carbonyl (C=O) groups is 1. The van der Waals surface area contributed by atoms with Crippen molar-refractivity contribution in [2.24, 2.45) is 0 Å². The molecule has 0 unspecified atom stereocenters. The standard InChI is InChI=1S/C18H21NO2S/c1-21-16-9-4-14(5-10-16)6-11-18(20)19(15-7-8-15)13-17-3-2-12-22-17/h2-5,9-10,12,15H,6-8,11,13H2,1H3. The lowest BCUT2D eigenvalue weighted by Crippen LogP contribution is -2.32. The van der Waals surface area contributed by atoms with E-state index in [4.69, 9.17) is 4.74 Å². The summed E-state index contributed by atoms with van der Waals surface area (Å²) in [5.74, 6) is 1.12. The van der Waals surface area contributed by atoms with Crippen molar-refractivity contribution in [1.29, 1.82) is 0 Å². The average Bonchev–Trinajstić information content (AvgIpc) is 3.27. The second-order valence-electron chi connectivity index (χ2n) is 5.68. The minimum atomic E-state index is 0.270. The van der Waals surface area contributed by atoms with Gasteiger partial charge in [0.2, 0.25) is 5.91 Å². The van der Waals surface area contributed by atoms with Gasteiger partial charge in [-0.1, -0.05) is 18.2 Å². The SMILES string of the molecule is COc1ccc(CCC(=O)N(Cc2cccs2)C2CC2)cc1. The third-order valence-electron chi connectivity index (χ3n) is 4.00. The van der Waals surface area contributed by atoms with E-state index in [0.29, 0.717) is 12.5 Å². The van der Waals surface area contributed by atoms with Crippen molar-refractivity contribution in [3.63, 3.8) is 0 Å². The fourth-order valence-electron chi connectivity index (χ4n) is 2.56. The molecule has 4 heteroatoms. The third kappa shape index (κ3) is 3.89. The molecule has 0 bridgehead atoms. The number of nitrogens with zero attached hydrogens (tertiary/aromatic N) is 1. The van der Waals surface area contributed by atoms with Crippen LogP contribution in [0.1, 0.15) is 29.7 Å². The highest BCUT2D eigenvalue weighted by Gasteiger charge is 2.32. The van der Waals surface area contributed by atoms with Crippen LogP contribution in [0, 0.1) is 0 Å². The fraction of sp³-hybridized carbons (Fsp3) is 0.389. The lowest BCUT2D eigenvalue weighted by molar-refractivity contribution is -0.132. The quantitative estimate of drug-likeness (QED) is 0.776. The van der Waals surface area contributed by atoms with E-state index in [0.717, 1.165) is 31.6 Å². The minimum Gasteiger partial charge on any atom is -0.497 e. The number of benzene rings is 1. The molecule has 1 amide bonds. The van der Waals surface area contributed by atoms with E-state index in [-0.39, 0.29) is 5.91 Å². The Kier molecular flexibility index (Phi) is 4.78. The van der Waals surface area contributed by atoms with Gasteiger partial charge in [0.15, 0.2) is 0 Å². The van der Waals surface area contributed by atoms with Crippen LogP contribution in [0.5, 0.6) is 5.75 Å². The van der Waals surface area contributed by atoms with Crippen LogP contribution in [0.15, 0.2) is 41.8 Å². The number of aryl methyl sites for hydroxylation is 1. The van der Waals surface area contributed by atoms with Crippen LogP contribution < -0.4 is 4.74 Å². The predicted molar refractivity (Wildman–Crippen MR) is 89.2 cm³/mol. The zero-order chi connectivity index (χ0) is 15.4. The molecule has 0 saturated heterocycles. The first-order valence-electron chi connectivity index (χ1n) is 7.71. The molecular weight excluding hydrogens is 294 g/mol. The molecule has 3 nitrogen and oxygen atoms in total. The van der Waals surface area contributed by atoms with Gasteiger partial charge in [-0.25, -0.2) is 0 Å². The van der Waals surface area contributed by atoms with Crippen LogP contribution in [-0.2, 0) is 17.8 Å². The molecule has 0 N–H and O–H groups in total. The van der Waals surface area contributed by atoms with E-state index in [1.54, 1.807) is 18.4 Å². The number of thiophene rings is 1. The van der Waals surface area contributed by atoms with Crippen molar-refractivity contribution in [3.05, 3.63) is 52.2 Å². The van der Waals surface area contributed by atoms with Gasteiger partial charge >= 0.3 is 0 Å². The van der Waals surface area contributed by atoms with Gasteiger partial charge in [-0.15, -0.1) is 11.3 Å². The first kappa shape index (κ1) is 15.1. The smallest absolute Gasteiger partial charge is 0.223 e. The van der Waals surface area contributed by atoms with Gasteiger partial charge in [-0.05, 0) is 48.4 Å². The molecule has 22 heavy (non-hydrogen) atoms. The minimum absolute atomic E-state index is 0.270. The van der Waals surface area contributed by atoms with Gasteiger partial charge < -0.3 is 9.64 Å². The summed E-state index contributed by atoms with van der Waals surface area (Å²) in [7, 11) is 1.66. The lowest BCUT2D eigenvalue weighted by atomic mass is 10.1. The highest BCUT2D eigenvalue weighted by Crippen LogP contribution is 2.30. The molecule has 1 fully saturated rings. The molecule has 2 aromatic rings. The number of methoxy groups -OCH3 is 1. The van der Waals surface area contributed by atoms with Crippen molar-refractivity contribution in [1.82, 2.24) is 4.90 Å². The van der Waals surface area contributed by atoms with E-state index >= 15 is 0 Å². The first-order chi connectivity index (χ1) is 10.8. The largest absolute Gasteiger partial charge is 0.497 e. The van der Waals surface area contributed by atoms with Gasteiger partial charge in [-0.3, -0.25) is 4.79 Å². The molecule has 1 heterocycles. The molecule has 3 rings (SSSR count). The zero-order valence-electron chi connectivity index (χ0n) is 12.8. The molecule has 0 radical (unpaired) electrons.